The fourth-order valence-corrected chi connectivity index (χ4v) is 3.63. The number of methoxy groups -OCH3 is 3. The molecule has 0 unspecified atom stereocenters. The molecule has 2 aromatic rings. The average molecular weight is 479 g/mol. The van der Waals surface area contributed by atoms with E-state index in [0.29, 0.717) is 35.9 Å². The van der Waals surface area contributed by atoms with Crippen molar-refractivity contribution in [3.8, 4) is 17.2 Å². The van der Waals surface area contributed by atoms with Gasteiger partial charge in [-0.05, 0) is 28.1 Å². The number of hydrogen-bond acceptors (Lipinski definition) is 7. The number of carbonyl (C=O) groups excluding carboxylic acids is 1. The summed E-state index contributed by atoms with van der Waals surface area (Å²) in [7, 11) is 4.64. The number of pyridine rings is 1. The molecule has 1 saturated heterocycles. The van der Waals surface area contributed by atoms with E-state index >= 15 is 0 Å². The number of hydrogen-bond donors (Lipinski definition) is 1. The molecule has 1 aromatic carbocycles. The second-order valence-corrected chi connectivity index (χ2v) is 7.79. The number of benzene rings is 1. The molecule has 30 heavy (non-hydrogen) atoms. The minimum atomic E-state index is -0.0544. The molecule has 0 atom stereocenters. The van der Waals surface area contributed by atoms with Crippen molar-refractivity contribution >= 4 is 33.3 Å². The van der Waals surface area contributed by atoms with Crippen LogP contribution < -0.4 is 24.4 Å². The molecule has 1 aromatic heterocycles. The SMILES string of the molecule is COc1cc(NC(=O)CCN2CCN(c3ccc(Br)cn3)CC2)cc(OC)c1OC. The Morgan fingerprint density at radius 2 is 1.73 bits per heavy atom. The van der Waals surface area contributed by atoms with Crippen molar-refractivity contribution in [3.05, 3.63) is 34.9 Å². The van der Waals surface area contributed by atoms with Crippen LogP contribution in [-0.2, 0) is 4.79 Å². The van der Waals surface area contributed by atoms with Crippen LogP contribution in [0.3, 0.4) is 0 Å². The Bertz CT molecular complexity index is 830. The first-order chi connectivity index (χ1) is 14.5. The molecule has 0 bridgehead atoms. The van der Waals surface area contributed by atoms with Crippen LogP contribution in [0.5, 0.6) is 17.2 Å². The van der Waals surface area contributed by atoms with Gasteiger partial charge < -0.3 is 24.4 Å². The second-order valence-electron chi connectivity index (χ2n) is 6.88. The van der Waals surface area contributed by atoms with Gasteiger partial charge in [0, 0.05) is 67.6 Å². The summed E-state index contributed by atoms with van der Waals surface area (Å²) in [6, 6.07) is 7.47. The van der Waals surface area contributed by atoms with Gasteiger partial charge >= 0.3 is 0 Å². The first kappa shape index (κ1) is 22.2. The maximum atomic E-state index is 12.5. The van der Waals surface area contributed by atoms with Crippen LogP contribution in [0.15, 0.2) is 34.9 Å². The Balaban J connectivity index is 1.49. The van der Waals surface area contributed by atoms with Crippen molar-refractivity contribution in [2.45, 2.75) is 6.42 Å². The molecule has 9 heteroatoms. The highest BCUT2D eigenvalue weighted by Crippen LogP contribution is 2.39. The third kappa shape index (κ3) is 5.54. The standard InChI is InChI=1S/C21H27BrN4O4/c1-28-17-12-16(13-18(29-2)21(17)30-3)24-20(27)6-7-25-8-10-26(11-9-25)19-5-4-15(22)14-23-19/h4-5,12-14H,6-11H2,1-3H3,(H,24,27). The topological polar surface area (TPSA) is 76.2 Å². The molecule has 0 radical (unpaired) electrons. The second kappa shape index (κ2) is 10.5. The molecule has 1 N–H and O–H groups in total. The molecule has 162 valence electrons. The van der Waals surface area contributed by atoms with Crippen LogP contribution in [0, 0.1) is 0 Å². The molecule has 1 amide bonds. The van der Waals surface area contributed by atoms with Gasteiger partial charge in [0.1, 0.15) is 5.82 Å². The minimum absolute atomic E-state index is 0.0544. The third-order valence-electron chi connectivity index (χ3n) is 5.01. The van der Waals surface area contributed by atoms with E-state index in [2.05, 4.69) is 36.0 Å². The summed E-state index contributed by atoms with van der Waals surface area (Å²) in [5.74, 6) is 2.44. The fraction of sp³-hybridized carbons (Fsp3) is 0.429. The lowest BCUT2D eigenvalue weighted by molar-refractivity contribution is -0.116. The van der Waals surface area contributed by atoms with E-state index < -0.39 is 0 Å². The monoisotopic (exact) mass is 478 g/mol. The van der Waals surface area contributed by atoms with Crippen molar-refractivity contribution in [2.24, 2.45) is 0 Å². The van der Waals surface area contributed by atoms with Crippen LogP contribution in [0.2, 0.25) is 0 Å². The number of carbonyl (C=O) groups is 1. The normalized spacial score (nSPS) is 14.3. The molecule has 8 nitrogen and oxygen atoms in total. The van der Waals surface area contributed by atoms with Gasteiger partial charge in [-0.3, -0.25) is 9.69 Å². The molecule has 1 fully saturated rings. The van der Waals surface area contributed by atoms with E-state index in [0.717, 1.165) is 36.5 Å². The summed E-state index contributed by atoms with van der Waals surface area (Å²) in [5.41, 5.74) is 0.612. The van der Waals surface area contributed by atoms with Crippen LogP contribution in [0.4, 0.5) is 11.5 Å². The smallest absolute Gasteiger partial charge is 0.225 e. The number of aromatic nitrogens is 1. The summed E-state index contributed by atoms with van der Waals surface area (Å²) in [6.07, 6.45) is 2.22. The highest BCUT2D eigenvalue weighted by Gasteiger charge is 2.19. The predicted molar refractivity (Wildman–Crippen MR) is 120 cm³/mol. The molecule has 2 heterocycles. The molecule has 0 saturated carbocycles. The van der Waals surface area contributed by atoms with Crippen molar-refractivity contribution in [3.63, 3.8) is 0 Å². The molecule has 0 spiro atoms. The van der Waals surface area contributed by atoms with Crippen LogP contribution in [0.25, 0.3) is 0 Å². The van der Waals surface area contributed by atoms with E-state index in [1.165, 1.54) is 0 Å². The first-order valence-electron chi connectivity index (χ1n) is 9.72. The zero-order valence-corrected chi connectivity index (χ0v) is 19.1. The summed E-state index contributed by atoms with van der Waals surface area (Å²) in [4.78, 5) is 21.5. The predicted octanol–water partition coefficient (Wildman–Crippen LogP) is 3.02. The number of amides is 1. The van der Waals surface area contributed by atoms with E-state index in [9.17, 15) is 4.79 Å². The lowest BCUT2D eigenvalue weighted by Gasteiger charge is -2.35. The van der Waals surface area contributed by atoms with E-state index in [1.54, 1.807) is 33.5 Å². The van der Waals surface area contributed by atoms with Gasteiger partial charge in [-0.15, -0.1) is 0 Å². The summed E-state index contributed by atoms with van der Waals surface area (Å²) < 4.78 is 17.0. The average Bonchev–Trinajstić information content (AvgIpc) is 2.78. The number of anilines is 2. The first-order valence-corrected chi connectivity index (χ1v) is 10.5. The number of nitrogens with zero attached hydrogens (tertiary/aromatic N) is 3. The minimum Gasteiger partial charge on any atom is -0.493 e. The molecule has 0 aliphatic carbocycles. The number of piperazine rings is 1. The van der Waals surface area contributed by atoms with Gasteiger partial charge in [0.05, 0.1) is 21.3 Å². The van der Waals surface area contributed by atoms with Gasteiger partial charge in [-0.25, -0.2) is 4.98 Å². The highest BCUT2D eigenvalue weighted by molar-refractivity contribution is 9.10. The number of nitrogens with one attached hydrogen (secondary N) is 1. The third-order valence-corrected chi connectivity index (χ3v) is 5.48. The Hall–Kier alpha value is -2.52. The quantitative estimate of drug-likeness (QED) is 0.624. The molecular formula is C21H27BrN4O4. The number of rotatable bonds is 8. The lowest BCUT2D eigenvalue weighted by atomic mass is 10.2. The van der Waals surface area contributed by atoms with Gasteiger partial charge in [0.25, 0.3) is 0 Å². The van der Waals surface area contributed by atoms with Crippen molar-refractivity contribution < 1.29 is 19.0 Å². The van der Waals surface area contributed by atoms with Gasteiger partial charge in [-0.1, -0.05) is 0 Å². The number of ether oxygens (including phenoxy) is 3. The highest BCUT2D eigenvalue weighted by atomic mass is 79.9. The summed E-state index contributed by atoms with van der Waals surface area (Å²) in [5, 5.41) is 2.92. The Morgan fingerprint density at radius 1 is 1.07 bits per heavy atom. The fourth-order valence-electron chi connectivity index (χ4n) is 3.39. The number of halogens is 1. The van der Waals surface area contributed by atoms with Gasteiger partial charge in [0.15, 0.2) is 11.5 Å². The maximum Gasteiger partial charge on any atom is 0.225 e. The van der Waals surface area contributed by atoms with Crippen molar-refractivity contribution in [1.29, 1.82) is 0 Å². The molecule has 3 rings (SSSR count). The molecular weight excluding hydrogens is 452 g/mol. The maximum absolute atomic E-state index is 12.5. The van der Waals surface area contributed by atoms with Gasteiger partial charge in [0.2, 0.25) is 11.7 Å². The van der Waals surface area contributed by atoms with Crippen molar-refractivity contribution in [2.75, 3.05) is 64.3 Å². The zero-order valence-electron chi connectivity index (χ0n) is 17.5. The Labute approximate surface area is 185 Å². The molecule has 1 aliphatic rings. The Kier molecular flexibility index (Phi) is 7.75. The summed E-state index contributed by atoms with van der Waals surface area (Å²) in [6.45, 7) is 4.29. The zero-order chi connectivity index (χ0) is 21.5. The largest absolute Gasteiger partial charge is 0.493 e. The Morgan fingerprint density at radius 3 is 2.27 bits per heavy atom. The van der Waals surface area contributed by atoms with Crippen molar-refractivity contribution in [1.82, 2.24) is 9.88 Å². The van der Waals surface area contributed by atoms with Gasteiger partial charge in [-0.2, -0.15) is 0 Å². The van der Waals surface area contributed by atoms with Crippen LogP contribution in [0.1, 0.15) is 6.42 Å². The lowest BCUT2D eigenvalue weighted by Crippen LogP contribution is -2.47. The molecule has 1 aliphatic heterocycles. The van der Waals surface area contributed by atoms with E-state index in [4.69, 9.17) is 14.2 Å². The van der Waals surface area contributed by atoms with E-state index in [-0.39, 0.29) is 5.91 Å². The van der Waals surface area contributed by atoms with Crippen LogP contribution >= 0.6 is 15.9 Å². The van der Waals surface area contributed by atoms with E-state index in [1.807, 2.05) is 18.3 Å². The summed E-state index contributed by atoms with van der Waals surface area (Å²) >= 11 is 3.41. The van der Waals surface area contributed by atoms with Crippen LogP contribution in [-0.4, -0.2) is 69.8 Å².